The minimum Gasteiger partial charge on any atom is -0.478 e. The van der Waals surface area contributed by atoms with Crippen LogP contribution in [0.4, 0.5) is 0 Å². The first-order valence-corrected chi connectivity index (χ1v) is 7.81. The van der Waals surface area contributed by atoms with E-state index in [1.807, 2.05) is 0 Å². The van der Waals surface area contributed by atoms with Crippen LogP contribution in [0.3, 0.4) is 0 Å². The van der Waals surface area contributed by atoms with Crippen LogP contribution in [0.2, 0.25) is 0 Å². The second-order valence-corrected chi connectivity index (χ2v) is 6.59. The molecule has 1 heterocycles. The SMILES string of the molecule is Cc1nc2cc(C(=O)NC(C)(C(N)=O)C(C)C)c(C(=O)O)cc2n1C. The maximum absolute atomic E-state index is 12.7. The number of carbonyl (C=O) groups excluding carboxylic acids is 2. The van der Waals surface area contributed by atoms with Crippen LogP contribution in [0.1, 0.15) is 47.3 Å². The van der Waals surface area contributed by atoms with Gasteiger partial charge in [-0.25, -0.2) is 9.78 Å². The summed E-state index contributed by atoms with van der Waals surface area (Å²) in [6, 6.07) is 2.83. The Morgan fingerprint density at radius 3 is 2.36 bits per heavy atom. The van der Waals surface area contributed by atoms with Crippen molar-refractivity contribution in [2.75, 3.05) is 0 Å². The second kappa shape index (κ2) is 6.19. The van der Waals surface area contributed by atoms with Crippen molar-refractivity contribution in [3.63, 3.8) is 0 Å². The number of carboxylic acids is 1. The Morgan fingerprint density at radius 2 is 1.88 bits per heavy atom. The smallest absolute Gasteiger partial charge is 0.336 e. The second-order valence-electron chi connectivity index (χ2n) is 6.59. The maximum atomic E-state index is 12.7. The number of imidazole rings is 1. The first-order chi connectivity index (χ1) is 11.5. The van der Waals surface area contributed by atoms with Crippen LogP contribution in [0.5, 0.6) is 0 Å². The van der Waals surface area contributed by atoms with Gasteiger partial charge in [0.2, 0.25) is 5.91 Å². The highest BCUT2D eigenvalue weighted by molar-refractivity contribution is 6.09. The van der Waals surface area contributed by atoms with Gasteiger partial charge in [0.25, 0.3) is 5.91 Å². The third-order valence-electron chi connectivity index (χ3n) is 4.76. The average molecular weight is 346 g/mol. The van der Waals surface area contributed by atoms with Crippen LogP contribution < -0.4 is 11.1 Å². The van der Waals surface area contributed by atoms with E-state index in [-0.39, 0.29) is 17.0 Å². The van der Waals surface area contributed by atoms with Crippen molar-refractivity contribution in [3.05, 3.63) is 29.1 Å². The zero-order valence-corrected chi connectivity index (χ0v) is 14.9. The zero-order chi connectivity index (χ0) is 19.1. The molecule has 0 saturated heterocycles. The highest BCUT2D eigenvalue weighted by Crippen LogP contribution is 2.23. The Kier molecular flexibility index (Phi) is 4.57. The standard InChI is InChI=1S/C17H22N4O4/c1-8(2)17(4,16(18)25)20-14(22)10-6-12-13(7-11(10)15(23)24)21(5)9(3)19-12/h6-8H,1-5H3,(H2,18,25)(H,20,22)(H,23,24). The number of aryl methyl sites for hydroxylation is 2. The fourth-order valence-electron chi connectivity index (χ4n) is 2.52. The van der Waals surface area contributed by atoms with Gasteiger partial charge in [-0.15, -0.1) is 0 Å². The van der Waals surface area contributed by atoms with Gasteiger partial charge in [0, 0.05) is 7.05 Å². The summed E-state index contributed by atoms with van der Waals surface area (Å²) in [7, 11) is 1.76. The van der Waals surface area contributed by atoms with Gasteiger partial charge in [0.1, 0.15) is 11.4 Å². The predicted molar refractivity (Wildman–Crippen MR) is 92.3 cm³/mol. The lowest BCUT2D eigenvalue weighted by Crippen LogP contribution is -2.58. The van der Waals surface area contributed by atoms with Crippen LogP contribution >= 0.6 is 0 Å². The number of rotatable bonds is 5. The lowest BCUT2D eigenvalue weighted by atomic mass is 9.87. The van der Waals surface area contributed by atoms with E-state index >= 15 is 0 Å². The number of amides is 2. The molecule has 0 fully saturated rings. The minimum atomic E-state index is -1.30. The van der Waals surface area contributed by atoms with Crippen molar-refractivity contribution in [1.29, 1.82) is 0 Å². The van der Waals surface area contributed by atoms with Gasteiger partial charge in [-0.3, -0.25) is 9.59 Å². The summed E-state index contributed by atoms with van der Waals surface area (Å²) in [4.78, 5) is 40.4. The molecule has 1 aromatic heterocycles. The Bertz CT molecular complexity index is 884. The molecule has 134 valence electrons. The fraction of sp³-hybridized carbons (Fsp3) is 0.412. The van der Waals surface area contributed by atoms with E-state index in [9.17, 15) is 19.5 Å². The lowest BCUT2D eigenvalue weighted by molar-refractivity contribution is -0.125. The number of carbonyl (C=O) groups is 3. The molecule has 8 nitrogen and oxygen atoms in total. The number of primary amides is 1. The van der Waals surface area contributed by atoms with Gasteiger partial charge < -0.3 is 20.7 Å². The Balaban J connectivity index is 2.59. The molecule has 2 rings (SSSR count). The predicted octanol–water partition coefficient (Wildman–Crippen LogP) is 1.21. The molecule has 25 heavy (non-hydrogen) atoms. The number of hydrogen-bond acceptors (Lipinski definition) is 4. The summed E-state index contributed by atoms with van der Waals surface area (Å²) in [6.07, 6.45) is 0. The topological polar surface area (TPSA) is 127 Å². The molecule has 0 saturated carbocycles. The van der Waals surface area contributed by atoms with E-state index < -0.39 is 23.3 Å². The number of benzene rings is 1. The minimum absolute atomic E-state index is 0.0637. The Hall–Kier alpha value is -2.90. The molecule has 2 aromatic rings. The van der Waals surface area contributed by atoms with Crippen molar-refractivity contribution >= 4 is 28.8 Å². The molecule has 1 atom stereocenters. The van der Waals surface area contributed by atoms with Gasteiger partial charge in [0.15, 0.2) is 0 Å². The number of nitrogens with two attached hydrogens (primary N) is 1. The quantitative estimate of drug-likeness (QED) is 0.750. The van der Waals surface area contributed by atoms with Crippen molar-refractivity contribution < 1.29 is 19.5 Å². The van der Waals surface area contributed by atoms with Crippen LogP contribution in [0.15, 0.2) is 12.1 Å². The molecule has 1 aromatic carbocycles. The molecule has 1 unspecified atom stereocenters. The molecule has 0 radical (unpaired) electrons. The molecule has 4 N–H and O–H groups in total. The van der Waals surface area contributed by atoms with Gasteiger partial charge >= 0.3 is 5.97 Å². The molecular formula is C17H22N4O4. The van der Waals surface area contributed by atoms with Gasteiger partial charge in [-0.2, -0.15) is 0 Å². The molecule has 0 aliphatic rings. The molecule has 2 amide bonds. The number of carboxylic acid groups (broad SMARTS) is 1. The number of aromatic carboxylic acids is 1. The van der Waals surface area contributed by atoms with Crippen molar-refractivity contribution in [1.82, 2.24) is 14.9 Å². The third kappa shape index (κ3) is 3.07. The van der Waals surface area contributed by atoms with Crippen LogP contribution in [-0.4, -0.2) is 38.0 Å². The van der Waals surface area contributed by atoms with Crippen LogP contribution in [0.25, 0.3) is 11.0 Å². The first-order valence-electron chi connectivity index (χ1n) is 7.81. The number of fused-ring (bicyclic) bond motifs is 1. The highest BCUT2D eigenvalue weighted by atomic mass is 16.4. The third-order valence-corrected chi connectivity index (χ3v) is 4.76. The molecule has 8 heteroatoms. The summed E-state index contributed by atoms with van der Waals surface area (Å²) in [5.74, 6) is -2.20. The van der Waals surface area contributed by atoms with Crippen LogP contribution in [-0.2, 0) is 11.8 Å². The Morgan fingerprint density at radius 1 is 1.28 bits per heavy atom. The number of nitrogens with zero attached hydrogens (tertiary/aromatic N) is 2. The summed E-state index contributed by atoms with van der Waals surface area (Å²) >= 11 is 0. The van der Waals surface area contributed by atoms with Gasteiger partial charge in [0.05, 0.1) is 22.2 Å². The fourth-order valence-corrected chi connectivity index (χ4v) is 2.52. The molecular weight excluding hydrogens is 324 g/mol. The lowest BCUT2D eigenvalue weighted by Gasteiger charge is -2.31. The molecule has 0 aliphatic carbocycles. The van der Waals surface area contributed by atoms with E-state index in [4.69, 9.17) is 5.73 Å². The normalized spacial score (nSPS) is 13.7. The van der Waals surface area contributed by atoms with E-state index in [1.165, 1.54) is 19.1 Å². The van der Waals surface area contributed by atoms with E-state index in [0.717, 1.165) is 0 Å². The van der Waals surface area contributed by atoms with Gasteiger partial charge in [-0.1, -0.05) is 13.8 Å². The summed E-state index contributed by atoms with van der Waals surface area (Å²) in [5.41, 5.74) is 5.00. The van der Waals surface area contributed by atoms with E-state index in [2.05, 4.69) is 10.3 Å². The summed E-state index contributed by atoms with van der Waals surface area (Å²) in [6.45, 7) is 6.79. The van der Waals surface area contributed by atoms with Gasteiger partial charge in [-0.05, 0) is 31.9 Å². The van der Waals surface area contributed by atoms with Crippen molar-refractivity contribution in [2.45, 2.75) is 33.2 Å². The molecule has 0 bridgehead atoms. The monoisotopic (exact) mass is 346 g/mol. The zero-order valence-electron chi connectivity index (χ0n) is 14.9. The number of hydrogen-bond donors (Lipinski definition) is 3. The average Bonchev–Trinajstić information content (AvgIpc) is 2.79. The molecule has 0 aliphatic heterocycles. The highest BCUT2D eigenvalue weighted by Gasteiger charge is 2.37. The van der Waals surface area contributed by atoms with E-state index in [0.29, 0.717) is 16.9 Å². The summed E-state index contributed by atoms with van der Waals surface area (Å²) < 4.78 is 1.74. The summed E-state index contributed by atoms with van der Waals surface area (Å²) in [5, 5.41) is 12.1. The largest absolute Gasteiger partial charge is 0.478 e. The van der Waals surface area contributed by atoms with Crippen molar-refractivity contribution in [2.24, 2.45) is 18.7 Å². The van der Waals surface area contributed by atoms with Crippen LogP contribution in [0, 0.1) is 12.8 Å². The number of nitrogens with one attached hydrogen (secondary N) is 1. The first kappa shape index (κ1) is 18.4. The maximum Gasteiger partial charge on any atom is 0.336 e. The molecule has 0 spiro atoms. The van der Waals surface area contributed by atoms with E-state index in [1.54, 1.807) is 32.4 Å². The van der Waals surface area contributed by atoms with Crippen molar-refractivity contribution in [3.8, 4) is 0 Å². The Labute approximate surface area is 145 Å². The number of aromatic nitrogens is 2.